The van der Waals surface area contributed by atoms with E-state index in [4.69, 9.17) is 14.2 Å². The van der Waals surface area contributed by atoms with Crippen LogP contribution in [-0.2, 0) is 14.8 Å². The van der Waals surface area contributed by atoms with E-state index in [1.54, 1.807) is 18.2 Å². The number of anilines is 1. The van der Waals surface area contributed by atoms with Gasteiger partial charge in [0, 0.05) is 25.2 Å². The summed E-state index contributed by atoms with van der Waals surface area (Å²) in [7, 11) is -3.66. The number of rotatable bonds is 7. The third-order valence-corrected chi connectivity index (χ3v) is 4.97. The van der Waals surface area contributed by atoms with E-state index < -0.39 is 10.0 Å². The molecule has 0 aromatic heterocycles. The van der Waals surface area contributed by atoms with E-state index in [0.717, 1.165) is 0 Å². The van der Waals surface area contributed by atoms with E-state index in [0.29, 0.717) is 22.9 Å². The number of amides is 1. The number of benzene rings is 2. The van der Waals surface area contributed by atoms with Crippen molar-refractivity contribution in [1.82, 2.24) is 4.72 Å². The highest BCUT2D eigenvalue weighted by Gasteiger charge is 2.15. The summed E-state index contributed by atoms with van der Waals surface area (Å²) in [5.74, 6) is 1.59. The predicted octanol–water partition coefficient (Wildman–Crippen LogP) is 1.73. The SMILES string of the molecule is CC(=O)Nc1ccc(S(=O)(=O)NCCOc2ccc3c(c2)OCO3)cc1. The number of carbonyl (C=O) groups is 1. The summed E-state index contributed by atoms with van der Waals surface area (Å²) in [5, 5.41) is 2.58. The summed E-state index contributed by atoms with van der Waals surface area (Å²) in [6.07, 6.45) is 0. The molecule has 0 atom stereocenters. The average Bonchev–Trinajstić information content (AvgIpc) is 3.06. The molecular formula is C17H18N2O6S. The van der Waals surface area contributed by atoms with Crippen molar-refractivity contribution in [3.05, 3.63) is 42.5 Å². The molecule has 0 unspecified atom stereocenters. The van der Waals surface area contributed by atoms with Crippen LogP contribution in [0.4, 0.5) is 5.69 Å². The molecule has 1 aliphatic rings. The number of fused-ring (bicyclic) bond motifs is 1. The number of nitrogens with one attached hydrogen (secondary N) is 2. The summed E-state index contributed by atoms with van der Waals surface area (Å²) in [4.78, 5) is 11.1. The van der Waals surface area contributed by atoms with Gasteiger partial charge in [-0.3, -0.25) is 4.79 Å². The van der Waals surface area contributed by atoms with E-state index >= 15 is 0 Å². The Bertz CT molecular complexity index is 896. The van der Waals surface area contributed by atoms with Gasteiger partial charge in [0.05, 0.1) is 4.90 Å². The molecule has 0 aliphatic carbocycles. The first-order valence-electron chi connectivity index (χ1n) is 7.84. The lowest BCUT2D eigenvalue weighted by molar-refractivity contribution is -0.114. The Morgan fingerprint density at radius 3 is 2.58 bits per heavy atom. The number of hydrogen-bond donors (Lipinski definition) is 2. The lowest BCUT2D eigenvalue weighted by Gasteiger charge is -2.10. The van der Waals surface area contributed by atoms with Crippen molar-refractivity contribution in [2.45, 2.75) is 11.8 Å². The molecule has 1 amide bonds. The highest BCUT2D eigenvalue weighted by molar-refractivity contribution is 7.89. The average molecular weight is 378 g/mol. The summed E-state index contributed by atoms with van der Waals surface area (Å²) < 4.78 is 42.9. The van der Waals surface area contributed by atoms with Gasteiger partial charge in [-0.15, -0.1) is 0 Å². The molecule has 0 saturated carbocycles. The van der Waals surface area contributed by atoms with Crippen LogP contribution in [0.3, 0.4) is 0 Å². The van der Waals surface area contributed by atoms with Crippen molar-refractivity contribution in [3.8, 4) is 17.2 Å². The van der Waals surface area contributed by atoms with E-state index in [-0.39, 0.29) is 30.7 Å². The van der Waals surface area contributed by atoms with Crippen molar-refractivity contribution in [2.24, 2.45) is 0 Å². The monoisotopic (exact) mass is 378 g/mol. The fraction of sp³-hybridized carbons (Fsp3) is 0.235. The summed E-state index contributed by atoms with van der Waals surface area (Å²) in [6.45, 7) is 1.82. The van der Waals surface area contributed by atoms with Gasteiger partial charge in [0.1, 0.15) is 12.4 Å². The zero-order valence-electron chi connectivity index (χ0n) is 14.0. The first-order valence-corrected chi connectivity index (χ1v) is 9.32. The summed E-state index contributed by atoms with van der Waals surface area (Å²) >= 11 is 0. The minimum Gasteiger partial charge on any atom is -0.492 e. The molecule has 0 spiro atoms. The fourth-order valence-corrected chi connectivity index (χ4v) is 3.33. The Balaban J connectivity index is 1.51. The molecule has 1 heterocycles. The van der Waals surface area contributed by atoms with Gasteiger partial charge in [-0.2, -0.15) is 0 Å². The molecule has 2 aromatic rings. The molecule has 2 N–H and O–H groups in total. The van der Waals surface area contributed by atoms with Crippen LogP contribution in [0.2, 0.25) is 0 Å². The second kappa shape index (κ2) is 7.63. The van der Waals surface area contributed by atoms with E-state index in [9.17, 15) is 13.2 Å². The van der Waals surface area contributed by atoms with Gasteiger partial charge in [0.25, 0.3) is 0 Å². The predicted molar refractivity (Wildman–Crippen MR) is 94.0 cm³/mol. The molecule has 8 nitrogen and oxygen atoms in total. The van der Waals surface area contributed by atoms with Crippen molar-refractivity contribution in [1.29, 1.82) is 0 Å². The third-order valence-electron chi connectivity index (χ3n) is 3.49. The van der Waals surface area contributed by atoms with Crippen LogP contribution in [0.5, 0.6) is 17.2 Å². The normalized spacial score (nSPS) is 12.7. The lowest BCUT2D eigenvalue weighted by Crippen LogP contribution is -2.28. The zero-order valence-corrected chi connectivity index (χ0v) is 14.8. The second-order valence-electron chi connectivity index (χ2n) is 5.47. The van der Waals surface area contributed by atoms with Crippen LogP contribution in [0, 0.1) is 0 Å². The second-order valence-corrected chi connectivity index (χ2v) is 7.23. The Morgan fingerprint density at radius 2 is 1.85 bits per heavy atom. The number of ether oxygens (including phenoxy) is 3. The minimum atomic E-state index is -3.66. The van der Waals surface area contributed by atoms with Gasteiger partial charge in [-0.25, -0.2) is 13.1 Å². The van der Waals surface area contributed by atoms with Crippen LogP contribution in [0.15, 0.2) is 47.4 Å². The van der Waals surface area contributed by atoms with Crippen molar-refractivity contribution in [2.75, 3.05) is 25.3 Å². The van der Waals surface area contributed by atoms with Gasteiger partial charge in [-0.05, 0) is 36.4 Å². The van der Waals surface area contributed by atoms with E-state index in [1.807, 2.05) is 0 Å². The first kappa shape index (κ1) is 18.0. The number of carbonyl (C=O) groups excluding carboxylic acids is 1. The largest absolute Gasteiger partial charge is 0.492 e. The standard InChI is InChI=1S/C17H18N2O6S/c1-12(20)19-13-2-5-15(6-3-13)26(21,22)18-8-9-23-14-4-7-16-17(10-14)25-11-24-16/h2-7,10,18H,8-9,11H2,1H3,(H,19,20). The van der Waals surface area contributed by atoms with Crippen molar-refractivity contribution >= 4 is 21.6 Å². The highest BCUT2D eigenvalue weighted by atomic mass is 32.2. The van der Waals surface area contributed by atoms with Gasteiger partial charge < -0.3 is 19.5 Å². The van der Waals surface area contributed by atoms with Crippen molar-refractivity contribution in [3.63, 3.8) is 0 Å². The summed E-state index contributed by atoms with van der Waals surface area (Å²) in [5.41, 5.74) is 0.530. The van der Waals surface area contributed by atoms with E-state index in [2.05, 4.69) is 10.0 Å². The molecule has 0 saturated heterocycles. The van der Waals surface area contributed by atoms with Gasteiger partial charge >= 0.3 is 0 Å². The topological polar surface area (TPSA) is 103 Å². The fourth-order valence-electron chi connectivity index (χ4n) is 2.32. The highest BCUT2D eigenvalue weighted by Crippen LogP contribution is 2.34. The van der Waals surface area contributed by atoms with Gasteiger partial charge in [0.15, 0.2) is 11.5 Å². The third kappa shape index (κ3) is 4.44. The Morgan fingerprint density at radius 1 is 1.12 bits per heavy atom. The maximum absolute atomic E-state index is 12.2. The number of sulfonamides is 1. The first-order chi connectivity index (χ1) is 12.4. The van der Waals surface area contributed by atoms with Gasteiger partial charge in [-0.1, -0.05) is 0 Å². The molecule has 9 heteroatoms. The zero-order chi connectivity index (χ0) is 18.6. The molecule has 2 aromatic carbocycles. The molecule has 1 aliphatic heterocycles. The van der Waals surface area contributed by atoms with Crippen molar-refractivity contribution < 1.29 is 27.4 Å². The molecule has 0 fully saturated rings. The van der Waals surface area contributed by atoms with E-state index in [1.165, 1.54) is 31.2 Å². The maximum Gasteiger partial charge on any atom is 0.240 e. The molecule has 26 heavy (non-hydrogen) atoms. The van der Waals surface area contributed by atoms with Crippen LogP contribution < -0.4 is 24.2 Å². The number of hydrogen-bond acceptors (Lipinski definition) is 6. The lowest BCUT2D eigenvalue weighted by atomic mass is 10.3. The molecular weight excluding hydrogens is 360 g/mol. The molecule has 0 radical (unpaired) electrons. The molecule has 3 rings (SSSR count). The van der Waals surface area contributed by atoms with Gasteiger partial charge in [0.2, 0.25) is 22.7 Å². The van der Waals surface area contributed by atoms with Crippen LogP contribution in [0.25, 0.3) is 0 Å². The van der Waals surface area contributed by atoms with Crippen LogP contribution in [0.1, 0.15) is 6.92 Å². The Kier molecular flexibility index (Phi) is 5.29. The smallest absolute Gasteiger partial charge is 0.240 e. The molecule has 0 bridgehead atoms. The van der Waals surface area contributed by atoms with Crippen LogP contribution in [-0.4, -0.2) is 34.3 Å². The maximum atomic E-state index is 12.2. The molecule has 138 valence electrons. The quantitative estimate of drug-likeness (QED) is 0.712. The Hall–Kier alpha value is -2.78. The van der Waals surface area contributed by atoms with Crippen LogP contribution >= 0.6 is 0 Å². The summed E-state index contributed by atoms with van der Waals surface area (Å²) in [6, 6.07) is 11.1. The Labute approximate surface area is 151 Å². The minimum absolute atomic E-state index is 0.101.